The number of rotatable bonds is 8. The number of anilines is 3. The van der Waals surface area contributed by atoms with E-state index < -0.39 is 0 Å². The topological polar surface area (TPSA) is 79.4 Å². The molecule has 0 atom stereocenters. The number of benzene rings is 2. The number of hydrogen-bond donors (Lipinski definition) is 2. The third-order valence-electron chi connectivity index (χ3n) is 5.46. The Balaban J connectivity index is 1.58. The number of carbonyl (C=O) groups excluding carboxylic acids is 1. The Bertz CT molecular complexity index is 1140. The van der Waals surface area contributed by atoms with Crippen LogP contribution in [-0.2, 0) is 9.53 Å². The summed E-state index contributed by atoms with van der Waals surface area (Å²) in [5.41, 5.74) is 3.12. The van der Waals surface area contributed by atoms with Crippen LogP contribution in [0.5, 0.6) is 0 Å². The minimum atomic E-state index is -0.106. The number of fused-ring (bicyclic) bond motifs is 1. The molecule has 0 aliphatic carbocycles. The van der Waals surface area contributed by atoms with Gasteiger partial charge in [-0.25, -0.2) is 9.97 Å². The molecular weight excluding hydrogens is 482 g/mol. The van der Waals surface area contributed by atoms with Crippen LogP contribution in [-0.4, -0.2) is 47.1 Å². The molecule has 7 nitrogen and oxygen atoms in total. The van der Waals surface area contributed by atoms with Crippen LogP contribution in [0.3, 0.4) is 0 Å². The monoisotopic (exact) mass is 509 g/mol. The Morgan fingerprint density at radius 3 is 2.79 bits per heavy atom. The van der Waals surface area contributed by atoms with E-state index in [-0.39, 0.29) is 5.91 Å². The fourth-order valence-electron chi connectivity index (χ4n) is 3.74. The van der Waals surface area contributed by atoms with Crippen molar-refractivity contribution < 1.29 is 9.53 Å². The van der Waals surface area contributed by atoms with Gasteiger partial charge >= 0.3 is 0 Å². The third kappa shape index (κ3) is 6.09. The van der Waals surface area contributed by atoms with E-state index in [1.807, 2.05) is 42.5 Å². The van der Waals surface area contributed by atoms with E-state index in [2.05, 4.69) is 54.4 Å². The Kier molecular flexibility index (Phi) is 7.91. The van der Waals surface area contributed by atoms with Crippen LogP contribution in [0, 0.1) is 0 Å². The second-order valence-electron chi connectivity index (χ2n) is 7.87. The number of carbonyl (C=O) groups is 1. The highest BCUT2D eigenvalue weighted by molar-refractivity contribution is 9.10. The first-order valence-electron chi connectivity index (χ1n) is 11.3. The Morgan fingerprint density at radius 2 is 2.00 bits per heavy atom. The lowest BCUT2D eigenvalue weighted by atomic mass is 10.1. The molecule has 1 amide bonds. The largest absolute Gasteiger partial charge is 0.378 e. The summed E-state index contributed by atoms with van der Waals surface area (Å²) in [5.74, 6) is 0.576. The first-order valence-corrected chi connectivity index (χ1v) is 12.0. The first kappa shape index (κ1) is 23.2. The number of unbranched alkanes of at least 4 members (excludes halogenated alkanes) is 2. The number of morpholine rings is 1. The molecule has 1 aromatic heterocycles. The summed E-state index contributed by atoms with van der Waals surface area (Å²) < 4.78 is 6.44. The van der Waals surface area contributed by atoms with Gasteiger partial charge in [-0.3, -0.25) is 4.79 Å². The van der Waals surface area contributed by atoms with E-state index in [9.17, 15) is 4.79 Å². The van der Waals surface area contributed by atoms with Gasteiger partial charge < -0.3 is 20.3 Å². The molecular formula is C25H28BrN5O2. The van der Waals surface area contributed by atoms with Crippen LogP contribution < -0.4 is 10.6 Å². The zero-order chi connectivity index (χ0) is 23.0. The summed E-state index contributed by atoms with van der Waals surface area (Å²) >= 11 is 3.50. The van der Waals surface area contributed by atoms with Crippen LogP contribution in [0.25, 0.3) is 10.9 Å². The second kappa shape index (κ2) is 11.2. The molecule has 0 radical (unpaired) electrons. The fraction of sp³-hybridized carbons (Fsp3) is 0.320. The van der Waals surface area contributed by atoms with Crippen LogP contribution in [0.15, 0.2) is 65.0 Å². The molecule has 0 saturated carbocycles. The highest BCUT2D eigenvalue weighted by Gasteiger charge is 2.20. The number of nitrogens with one attached hydrogen (secondary N) is 2. The number of amides is 1. The van der Waals surface area contributed by atoms with E-state index >= 15 is 0 Å². The first-order chi connectivity index (χ1) is 16.1. The number of nitrogens with zero attached hydrogens (tertiary/aromatic N) is 3. The number of hydrogen-bond acceptors (Lipinski definition) is 6. The van der Waals surface area contributed by atoms with Gasteiger partial charge in [-0.2, -0.15) is 0 Å². The normalized spacial score (nSPS) is 14.4. The molecule has 2 N–H and O–H groups in total. The zero-order valence-corrected chi connectivity index (χ0v) is 20.3. The summed E-state index contributed by atoms with van der Waals surface area (Å²) in [6, 6.07) is 13.6. The maximum atomic E-state index is 13.2. The minimum Gasteiger partial charge on any atom is -0.378 e. The summed E-state index contributed by atoms with van der Waals surface area (Å²) in [6.45, 7) is 4.86. The van der Waals surface area contributed by atoms with E-state index in [1.54, 1.807) is 0 Å². The molecule has 3 aromatic rings. The van der Waals surface area contributed by atoms with Crippen molar-refractivity contribution in [3.8, 4) is 0 Å². The van der Waals surface area contributed by atoms with Crippen LogP contribution in [0.1, 0.15) is 26.2 Å². The van der Waals surface area contributed by atoms with Gasteiger partial charge in [0.1, 0.15) is 12.1 Å². The van der Waals surface area contributed by atoms with Gasteiger partial charge in [0.15, 0.2) is 0 Å². The fourth-order valence-corrected chi connectivity index (χ4v) is 4.14. The quantitative estimate of drug-likeness (QED) is 0.309. The van der Waals surface area contributed by atoms with Crippen LogP contribution >= 0.6 is 15.9 Å². The predicted octanol–water partition coefficient (Wildman–Crippen LogP) is 5.48. The lowest BCUT2D eigenvalue weighted by Crippen LogP contribution is -2.39. The molecule has 0 unspecified atom stereocenters. The molecule has 0 bridgehead atoms. The SMILES string of the molecule is CCCCC=C(C(=O)Nc1ccc2ncnc(Nc3cccc(Br)c3)c2c1)N1CCOCC1. The molecule has 33 heavy (non-hydrogen) atoms. The lowest BCUT2D eigenvalue weighted by Gasteiger charge is -2.30. The average Bonchev–Trinajstić information content (AvgIpc) is 2.83. The number of halogens is 1. The number of ether oxygens (including phenoxy) is 1. The molecule has 2 heterocycles. The van der Waals surface area contributed by atoms with Gasteiger partial charge in [0.05, 0.1) is 24.4 Å². The molecule has 172 valence electrons. The molecule has 1 saturated heterocycles. The van der Waals surface area contributed by atoms with Crippen LogP contribution in [0.2, 0.25) is 0 Å². The Morgan fingerprint density at radius 1 is 1.15 bits per heavy atom. The van der Waals surface area contributed by atoms with Gasteiger partial charge in [0.2, 0.25) is 0 Å². The van der Waals surface area contributed by atoms with E-state index in [0.717, 1.165) is 53.4 Å². The molecule has 2 aromatic carbocycles. The van der Waals surface area contributed by atoms with Gasteiger partial charge in [-0.05, 0) is 49.2 Å². The Labute approximate surface area is 202 Å². The van der Waals surface area contributed by atoms with Crippen LogP contribution in [0.4, 0.5) is 17.2 Å². The molecule has 0 spiro atoms. The van der Waals surface area contributed by atoms with Crippen molar-refractivity contribution in [2.24, 2.45) is 0 Å². The smallest absolute Gasteiger partial charge is 0.271 e. The molecule has 4 rings (SSSR count). The number of allylic oxidation sites excluding steroid dienone is 1. The highest BCUT2D eigenvalue weighted by atomic mass is 79.9. The van der Waals surface area contributed by atoms with Crippen molar-refractivity contribution >= 4 is 49.9 Å². The minimum absolute atomic E-state index is 0.106. The summed E-state index contributed by atoms with van der Waals surface area (Å²) in [5, 5.41) is 7.26. The van der Waals surface area contributed by atoms with Crippen molar-refractivity contribution in [3.63, 3.8) is 0 Å². The third-order valence-corrected chi connectivity index (χ3v) is 5.95. The second-order valence-corrected chi connectivity index (χ2v) is 8.79. The van der Waals surface area contributed by atoms with E-state index in [1.165, 1.54) is 6.33 Å². The maximum absolute atomic E-state index is 13.2. The molecule has 8 heteroatoms. The zero-order valence-electron chi connectivity index (χ0n) is 18.7. The van der Waals surface area contributed by atoms with Gasteiger partial charge in [-0.1, -0.05) is 41.4 Å². The standard InChI is InChI=1S/C25H28BrN5O2/c1-2-3-4-8-23(31-11-13-33-14-12-31)25(32)30-20-9-10-22-21(16-20)24(28-17-27-22)29-19-7-5-6-18(26)15-19/h5-10,15-17H,2-4,11-14H2,1H3,(H,30,32)(H,27,28,29). The van der Waals surface area contributed by atoms with Crippen molar-refractivity contribution in [1.29, 1.82) is 0 Å². The van der Waals surface area contributed by atoms with E-state index in [4.69, 9.17) is 4.74 Å². The van der Waals surface area contributed by atoms with Crippen molar-refractivity contribution in [2.45, 2.75) is 26.2 Å². The maximum Gasteiger partial charge on any atom is 0.271 e. The summed E-state index contributed by atoms with van der Waals surface area (Å²) in [4.78, 5) is 24.2. The van der Waals surface area contributed by atoms with Gasteiger partial charge in [0, 0.05) is 34.3 Å². The van der Waals surface area contributed by atoms with Gasteiger partial charge in [0.25, 0.3) is 5.91 Å². The summed E-state index contributed by atoms with van der Waals surface area (Å²) in [7, 11) is 0. The molecule has 1 aliphatic heterocycles. The number of aromatic nitrogens is 2. The van der Waals surface area contributed by atoms with Gasteiger partial charge in [-0.15, -0.1) is 0 Å². The van der Waals surface area contributed by atoms with Crippen molar-refractivity contribution in [1.82, 2.24) is 14.9 Å². The molecule has 1 fully saturated rings. The molecule has 1 aliphatic rings. The lowest BCUT2D eigenvalue weighted by molar-refractivity contribution is -0.114. The highest BCUT2D eigenvalue weighted by Crippen LogP contribution is 2.27. The van der Waals surface area contributed by atoms with E-state index in [0.29, 0.717) is 30.4 Å². The summed E-state index contributed by atoms with van der Waals surface area (Å²) in [6.07, 6.45) is 6.61. The predicted molar refractivity (Wildman–Crippen MR) is 136 cm³/mol. The Hall–Kier alpha value is -2.97. The average molecular weight is 510 g/mol. The van der Waals surface area contributed by atoms with Crippen molar-refractivity contribution in [2.75, 3.05) is 36.9 Å². The van der Waals surface area contributed by atoms with Crippen molar-refractivity contribution in [3.05, 3.63) is 65.0 Å².